The zero-order valence-electron chi connectivity index (χ0n) is 38.1. The first-order valence-corrected chi connectivity index (χ1v) is 25.4. The van der Waals surface area contributed by atoms with E-state index in [1.165, 1.54) is 148 Å². The summed E-state index contributed by atoms with van der Waals surface area (Å²) in [5, 5.41) is 13.6. The number of phosphoric ester groups is 1. The lowest BCUT2D eigenvalue weighted by Crippen LogP contribution is -2.45. The van der Waals surface area contributed by atoms with Crippen molar-refractivity contribution < 1.29 is 32.9 Å². The van der Waals surface area contributed by atoms with Gasteiger partial charge in [-0.05, 0) is 44.9 Å². The fourth-order valence-corrected chi connectivity index (χ4v) is 7.50. The van der Waals surface area contributed by atoms with E-state index in [-0.39, 0.29) is 19.1 Å². The Balaban J connectivity index is 3.79. The zero-order valence-corrected chi connectivity index (χ0v) is 39.0. The summed E-state index contributed by atoms with van der Waals surface area (Å²) in [6.07, 6.45) is 50.2. The molecule has 0 fully saturated rings. The summed E-state index contributed by atoms with van der Waals surface area (Å²) in [7, 11) is 1.57. The van der Waals surface area contributed by atoms with Gasteiger partial charge in [0.05, 0.1) is 39.9 Å². The number of nitrogens with zero attached hydrogens (tertiary/aromatic N) is 1. The van der Waals surface area contributed by atoms with E-state index in [0.29, 0.717) is 17.4 Å². The lowest BCUT2D eigenvalue weighted by molar-refractivity contribution is -0.870. The molecule has 0 heterocycles. The molecule has 9 heteroatoms. The summed E-state index contributed by atoms with van der Waals surface area (Å²) in [5.74, 6) is -0.185. The van der Waals surface area contributed by atoms with Crippen molar-refractivity contribution in [2.24, 2.45) is 0 Å². The fourth-order valence-electron chi connectivity index (χ4n) is 6.76. The van der Waals surface area contributed by atoms with Gasteiger partial charge in [-0.1, -0.05) is 198 Å². The molecule has 0 saturated carbocycles. The Morgan fingerprint density at radius 2 is 1.02 bits per heavy atom. The van der Waals surface area contributed by atoms with Gasteiger partial charge in [0.15, 0.2) is 0 Å². The van der Waals surface area contributed by atoms with Crippen molar-refractivity contribution in [3.8, 4) is 0 Å². The van der Waals surface area contributed by atoms with Crippen molar-refractivity contribution in [3.63, 3.8) is 0 Å². The van der Waals surface area contributed by atoms with E-state index in [4.69, 9.17) is 9.05 Å². The Labute approximate surface area is 353 Å². The van der Waals surface area contributed by atoms with Gasteiger partial charge in [-0.3, -0.25) is 13.8 Å². The van der Waals surface area contributed by atoms with Crippen LogP contribution in [-0.2, 0) is 18.4 Å². The number of rotatable bonds is 43. The highest BCUT2D eigenvalue weighted by atomic mass is 31.2. The summed E-state index contributed by atoms with van der Waals surface area (Å²) in [6.45, 7) is 4.65. The van der Waals surface area contributed by atoms with Crippen LogP contribution in [0.2, 0.25) is 0 Å². The second kappa shape index (κ2) is 40.1. The first-order chi connectivity index (χ1) is 27.5. The average molecular weight is 826 g/mol. The van der Waals surface area contributed by atoms with Crippen LogP contribution < -0.4 is 5.32 Å². The maximum atomic E-state index is 12.7. The van der Waals surface area contributed by atoms with Gasteiger partial charge in [0.2, 0.25) is 5.91 Å². The molecule has 0 aliphatic heterocycles. The van der Waals surface area contributed by atoms with E-state index in [0.717, 1.165) is 44.9 Å². The summed E-state index contributed by atoms with van der Waals surface area (Å²) >= 11 is 0. The second-order valence-corrected chi connectivity index (χ2v) is 18.9. The van der Waals surface area contributed by atoms with Gasteiger partial charge in [0.1, 0.15) is 13.2 Å². The van der Waals surface area contributed by atoms with Gasteiger partial charge in [0.25, 0.3) is 0 Å². The molecule has 0 rings (SSSR count). The van der Waals surface area contributed by atoms with Crippen LogP contribution in [-0.4, -0.2) is 73.4 Å². The molecule has 0 radical (unpaired) electrons. The van der Waals surface area contributed by atoms with Crippen LogP contribution in [0.3, 0.4) is 0 Å². The van der Waals surface area contributed by atoms with Crippen molar-refractivity contribution >= 4 is 13.7 Å². The SMILES string of the molecule is CCCC/C=C/C(O)C(COP(=O)(O)OCC[N+](C)(C)C)NC(=O)CCCCCCCCCCCCCCCCCCCCC/C=C\C/C=C\CCCCCCC. The predicted molar refractivity (Wildman–Crippen MR) is 244 cm³/mol. The van der Waals surface area contributed by atoms with Crippen molar-refractivity contribution in [3.05, 3.63) is 36.5 Å². The molecule has 0 aliphatic carbocycles. The van der Waals surface area contributed by atoms with Crippen molar-refractivity contribution in [1.82, 2.24) is 5.32 Å². The van der Waals surface area contributed by atoms with Crippen molar-refractivity contribution in [2.75, 3.05) is 40.9 Å². The summed E-state index contributed by atoms with van der Waals surface area (Å²) in [6, 6.07) is -0.840. The molecule has 57 heavy (non-hydrogen) atoms. The minimum Gasteiger partial charge on any atom is -0.387 e. The molecular formula is C48H94N2O6P+. The molecule has 0 aromatic carbocycles. The minimum absolute atomic E-state index is 0.0610. The fraction of sp³-hybridized carbons (Fsp3) is 0.854. The number of amides is 1. The quantitative estimate of drug-likeness (QED) is 0.0245. The molecule has 8 nitrogen and oxygen atoms in total. The van der Waals surface area contributed by atoms with Gasteiger partial charge in [-0.15, -0.1) is 0 Å². The van der Waals surface area contributed by atoms with Gasteiger partial charge in [-0.2, -0.15) is 0 Å². The maximum absolute atomic E-state index is 12.7. The minimum atomic E-state index is -4.32. The Morgan fingerprint density at radius 1 is 0.596 bits per heavy atom. The third-order valence-corrected chi connectivity index (χ3v) is 11.6. The number of unbranched alkanes of at least 4 members (excludes halogenated alkanes) is 26. The Kier molecular flexibility index (Phi) is 39.2. The van der Waals surface area contributed by atoms with Crippen LogP contribution in [0.4, 0.5) is 0 Å². The first kappa shape index (κ1) is 55.7. The molecule has 0 saturated heterocycles. The van der Waals surface area contributed by atoms with E-state index in [9.17, 15) is 19.4 Å². The van der Waals surface area contributed by atoms with E-state index < -0.39 is 20.0 Å². The highest BCUT2D eigenvalue weighted by Crippen LogP contribution is 2.43. The molecule has 336 valence electrons. The Bertz CT molecular complexity index is 1030. The number of carbonyl (C=O) groups excluding carboxylic acids is 1. The second-order valence-electron chi connectivity index (χ2n) is 17.5. The third-order valence-electron chi connectivity index (χ3n) is 10.6. The molecule has 1 amide bonds. The number of carbonyl (C=O) groups is 1. The van der Waals surface area contributed by atoms with E-state index in [1.54, 1.807) is 6.08 Å². The molecule has 0 aromatic heterocycles. The smallest absolute Gasteiger partial charge is 0.387 e. The van der Waals surface area contributed by atoms with Crippen LogP contribution in [0.25, 0.3) is 0 Å². The first-order valence-electron chi connectivity index (χ1n) is 23.9. The van der Waals surface area contributed by atoms with Gasteiger partial charge < -0.3 is 19.8 Å². The summed E-state index contributed by atoms with van der Waals surface area (Å²) in [4.78, 5) is 22.9. The van der Waals surface area contributed by atoms with Crippen LogP contribution >= 0.6 is 7.82 Å². The van der Waals surface area contributed by atoms with Crippen LogP contribution in [0.15, 0.2) is 36.5 Å². The van der Waals surface area contributed by atoms with Crippen LogP contribution in [0.5, 0.6) is 0 Å². The van der Waals surface area contributed by atoms with E-state index in [1.807, 2.05) is 27.2 Å². The molecule has 3 N–H and O–H groups in total. The average Bonchev–Trinajstić information content (AvgIpc) is 3.16. The molecular weight excluding hydrogens is 732 g/mol. The molecule has 0 aromatic rings. The van der Waals surface area contributed by atoms with E-state index in [2.05, 4.69) is 43.5 Å². The molecule has 0 spiro atoms. The number of aliphatic hydroxyl groups excluding tert-OH is 1. The van der Waals surface area contributed by atoms with Crippen LogP contribution in [0.1, 0.15) is 213 Å². The molecule has 3 unspecified atom stereocenters. The van der Waals surface area contributed by atoms with E-state index >= 15 is 0 Å². The number of allylic oxidation sites excluding steroid dienone is 5. The van der Waals surface area contributed by atoms with Crippen molar-refractivity contribution in [2.45, 2.75) is 225 Å². The monoisotopic (exact) mass is 826 g/mol. The Hall–Kier alpha value is -1.28. The summed E-state index contributed by atoms with van der Waals surface area (Å²) in [5.41, 5.74) is 0. The number of hydrogen-bond acceptors (Lipinski definition) is 5. The number of quaternary nitrogens is 1. The lowest BCUT2D eigenvalue weighted by Gasteiger charge is -2.25. The lowest BCUT2D eigenvalue weighted by atomic mass is 10.0. The van der Waals surface area contributed by atoms with Gasteiger partial charge >= 0.3 is 7.82 Å². The zero-order chi connectivity index (χ0) is 42.1. The van der Waals surface area contributed by atoms with Gasteiger partial charge in [0, 0.05) is 6.42 Å². The number of hydrogen-bond donors (Lipinski definition) is 3. The van der Waals surface area contributed by atoms with Crippen LogP contribution in [0, 0.1) is 0 Å². The Morgan fingerprint density at radius 3 is 1.47 bits per heavy atom. The standard InChI is InChI=1S/C48H93N2O6P/c1-6-8-10-12-13-14-15-16-17-18-19-20-21-22-23-24-25-26-27-28-29-30-31-32-33-34-35-36-37-38-40-42-48(52)49-46(47(51)41-39-11-9-7-2)45-56-57(53,54)55-44-43-50(3,4)5/h15-16,18-19,39,41,46-47,51H,6-14,17,20-38,40,42-45H2,1-5H3,(H-,49,52,53,54)/p+1/b16-15-,19-18-,41-39+. The highest BCUT2D eigenvalue weighted by Gasteiger charge is 2.27. The summed E-state index contributed by atoms with van der Waals surface area (Å²) < 4.78 is 23.3. The predicted octanol–water partition coefficient (Wildman–Crippen LogP) is 13.5. The van der Waals surface area contributed by atoms with Gasteiger partial charge in [-0.25, -0.2) is 4.57 Å². The largest absolute Gasteiger partial charge is 0.472 e. The highest BCUT2D eigenvalue weighted by molar-refractivity contribution is 7.47. The van der Waals surface area contributed by atoms with Crippen molar-refractivity contribution in [1.29, 1.82) is 0 Å². The normalized spacial score (nSPS) is 14.6. The topological polar surface area (TPSA) is 105 Å². The number of nitrogens with one attached hydrogen (secondary N) is 1. The third kappa shape index (κ3) is 42.6. The maximum Gasteiger partial charge on any atom is 0.472 e. The number of phosphoric acid groups is 1. The number of aliphatic hydroxyl groups is 1. The number of likely N-dealkylation sites (N-methyl/N-ethyl adjacent to an activating group) is 1. The molecule has 0 bridgehead atoms. The molecule has 0 aliphatic rings. The molecule has 3 atom stereocenters.